The number of thioether (sulfide) groups is 1. The Morgan fingerprint density at radius 3 is 2.19 bits per heavy atom. The molecule has 2 heterocycles. The highest BCUT2D eigenvalue weighted by Gasteiger charge is 2.46. The first-order chi connectivity index (χ1) is 15.5. The summed E-state index contributed by atoms with van der Waals surface area (Å²) in [5.74, 6) is -0.250. The van der Waals surface area contributed by atoms with E-state index in [0.29, 0.717) is 17.7 Å². The number of β-lactam (4-membered cyclic amide) rings is 1. The first kappa shape index (κ1) is 22.0. The highest BCUT2D eigenvalue weighted by molar-refractivity contribution is 8.00. The van der Waals surface area contributed by atoms with Crippen LogP contribution in [0, 0.1) is 0 Å². The summed E-state index contributed by atoms with van der Waals surface area (Å²) in [7, 11) is 3.17. The Kier molecular flexibility index (Phi) is 6.50. The van der Waals surface area contributed by atoms with E-state index >= 15 is 0 Å². The van der Waals surface area contributed by atoms with Crippen molar-refractivity contribution in [3.8, 4) is 0 Å². The summed E-state index contributed by atoms with van der Waals surface area (Å²) in [6, 6.07) is 18.9. The van der Waals surface area contributed by atoms with E-state index in [1.165, 1.54) is 9.80 Å². The molecule has 0 bridgehead atoms. The Hall–Kier alpha value is -3.26. The van der Waals surface area contributed by atoms with Crippen molar-refractivity contribution in [2.75, 3.05) is 26.5 Å². The minimum absolute atomic E-state index is 0.0771. The van der Waals surface area contributed by atoms with Gasteiger partial charge in [-0.2, -0.15) is 0 Å². The van der Waals surface area contributed by atoms with E-state index in [2.05, 4.69) is 0 Å². The summed E-state index contributed by atoms with van der Waals surface area (Å²) < 4.78 is 11.3. The van der Waals surface area contributed by atoms with Gasteiger partial charge in [0, 0.05) is 25.4 Å². The zero-order valence-corrected chi connectivity index (χ0v) is 18.7. The van der Waals surface area contributed by atoms with Crippen molar-refractivity contribution in [3.05, 3.63) is 83.1 Å². The molecule has 8 heteroatoms. The molecular formula is C24H24N2O5S. The molecule has 2 aromatic carbocycles. The Morgan fingerprint density at radius 1 is 1.06 bits per heavy atom. The first-order valence-electron chi connectivity index (χ1n) is 10.3. The van der Waals surface area contributed by atoms with Gasteiger partial charge in [-0.1, -0.05) is 60.7 Å². The van der Waals surface area contributed by atoms with Gasteiger partial charge in [0.25, 0.3) is 0 Å². The Bertz CT molecular complexity index is 999. The van der Waals surface area contributed by atoms with Gasteiger partial charge in [0.2, 0.25) is 5.91 Å². The fourth-order valence-electron chi connectivity index (χ4n) is 3.60. The lowest BCUT2D eigenvalue weighted by Crippen LogP contribution is -2.54. The standard InChI is InChI=1S/C24H24N2O5S/c1-25(2)24(29)30-14-18-15-32-20-13-19(27)26(20)21(18)23(28)31-22(16-9-5-3-6-10-16)17-11-7-4-8-12-17/h3-12,20,22H,13-15H2,1-2H3/t20-/m1/s1. The normalized spacial score (nSPS) is 17.5. The van der Waals surface area contributed by atoms with Crippen molar-refractivity contribution in [1.82, 2.24) is 9.80 Å². The molecule has 1 atom stereocenters. The molecular weight excluding hydrogens is 428 g/mol. The van der Waals surface area contributed by atoms with Crippen molar-refractivity contribution in [3.63, 3.8) is 0 Å². The molecule has 0 spiro atoms. The second-order valence-electron chi connectivity index (χ2n) is 7.74. The molecule has 2 aliphatic heterocycles. The number of hydrogen-bond donors (Lipinski definition) is 0. The minimum atomic E-state index is -0.632. The summed E-state index contributed by atoms with van der Waals surface area (Å²) in [6.45, 7) is -0.0771. The van der Waals surface area contributed by atoms with E-state index < -0.39 is 18.2 Å². The van der Waals surface area contributed by atoms with Crippen LogP contribution in [0.1, 0.15) is 23.7 Å². The first-order valence-corrected chi connectivity index (χ1v) is 11.3. The van der Waals surface area contributed by atoms with Crippen LogP contribution in [0.3, 0.4) is 0 Å². The van der Waals surface area contributed by atoms with E-state index in [4.69, 9.17) is 9.47 Å². The highest BCUT2D eigenvalue weighted by Crippen LogP contribution is 2.41. The molecule has 2 aromatic rings. The molecule has 0 N–H and O–H groups in total. The van der Waals surface area contributed by atoms with E-state index in [1.54, 1.807) is 25.9 Å². The Morgan fingerprint density at radius 2 is 1.66 bits per heavy atom. The van der Waals surface area contributed by atoms with Crippen molar-refractivity contribution in [1.29, 1.82) is 0 Å². The lowest BCUT2D eigenvalue weighted by atomic mass is 10.0. The molecule has 4 rings (SSSR count). The molecule has 0 aromatic heterocycles. The molecule has 0 saturated carbocycles. The van der Waals surface area contributed by atoms with E-state index in [-0.39, 0.29) is 23.6 Å². The minimum Gasteiger partial charge on any atom is -0.448 e. The topological polar surface area (TPSA) is 76.2 Å². The summed E-state index contributed by atoms with van der Waals surface area (Å²) in [5.41, 5.74) is 2.41. The van der Waals surface area contributed by atoms with Crippen LogP contribution in [0.4, 0.5) is 4.79 Å². The number of carbonyl (C=O) groups excluding carboxylic acids is 3. The molecule has 166 valence electrons. The number of ether oxygens (including phenoxy) is 2. The molecule has 0 unspecified atom stereocenters. The molecule has 1 fully saturated rings. The second kappa shape index (κ2) is 9.48. The van der Waals surface area contributed by atoms with Crippen LogP contribution < -0.4 is 0 Å². The summed E-state index contributed by atoms with van der Waals surface area (Å²) >= 11 is 1.55. The smallest absolute Gasteiger partial charge is 0.409 e. The van der Waals surface area contributed by atoms with Gasteiger partial charge in [-0.05, 0) is 11.1 Å². The van der Waals surface area contributed by atoms with Crippen LogP contribution in [0.15, 0.2) is 71.9 Å². The SMILES string of the molecule is CN(C)C(=O)OCC1=C(C(=O)OC(c2ccccc2)c2ccccc2)N2C(=O)C[C@H]2SC1. The van der Waals surface area contributed by atoms with E-state index in [1.807, 2.05) is 60.7 Å². The maximum absolute atomic E-state index is 13.4. The van der Waals surface area contributed by atoms with Crippen LogP contribution >= 0.6 is 11.8 Å². The van der Waals surface area contributed by atoms with Gasteiger partial charge in [0.05, 0.1) is 11.8 Å². The molecule has 2 aliphatic rings. The maximum atomic E-state index is 13.4. The molecule has 0 aliphatic carbocycles. The van der Waals surface area contributed by atoms with Crippen molar-refractivity contribution in [2.24, 2.45) is 0 Å². The zero-order chi connectivity index (χ0) is 22.7. The van der Waals surface area contributed by atoms with Gasteiger partial charge < -0.3 is 14.4 Å². The summed E-state index contributed by atoms with van der Waals surface area (Å²) in [5, 5.41) is -0.0924. The number of esters is 1. The van der Waals surface area contributed by atoms with Crippen molar-refractivity contribution in [2.45, 2.75) is 17.9 Å². The molecule has 1 saturated heterocycles. The number of amides is 2. The summed E-state index contributed by atoms with van der Waals surface area (Å²) in [4.78, 5) is 40.5. The lowest BCUT2D eigenvalue weighted by Gasteiger charge is -2.44. The third-order valence-corrected chi connectivity index (χ3v) is 6.57. The van der Waals surface area contributed by atoms with Gasteiger partial charge in [-0.25, -0.2) is 9.59 Å². The number of benzene rings is 2. The van der Waals surface area contributed by atoms with Crippen molar-refractivity contribution < 1.29 is 23.9 Å². The fraction of sp³-hybridized carbons (Fsp3) is 0.292. The van der Waals surface area contributed by atoms with E-state index in [9.17, 15) is 14.4 Å². The quantitative estimate of drug-likeness (QED) is 0.493. The number of hydrogen-bond acceptors (Lipinski definition) is 6. The molecule has 7 nitrogen and oxygen atoms in total. The second-order valence-corrected chi connectivity index (χ2v) is 8.91. The van der Waals surface area contributed by atoms with E-state index in [0.717, 1.165) is 11.1 Å². The molecule has 0 radical (unpaired) electrons. The average Bonchev–Trinajstić information content (AvgIpc) is 2.81. The third-order valence-electron chi connectivity index (χ3n) is 5.29. The monoisotopic (exact) mass is 452 g/mol. The lowest BCUT2D eigenvalue weighted by molar-refractivity contribution is -0.151. The number of nitrogens with zero attached hydrogens (tertiary/aromatic N) is 2. The van der Waals surface area contributed by atoms with Crippen molar-refractivity contribution >= 4 is 29.7 Å². The highest BCUT2D eigenvalue weighted by atomic mass is 32.2. The van der Waals surface area contributed by atoms with Gasteiger partial charge in [0.1, 0.15) is 12.3 Å². The summed E-state index contributed by atoms with van der Waals surface area (Å²) in [6.07, 6.45) is -0.765. The maximum Gasteiger partial charge on any atom is 0.409 e. The van der Waals surface area contributed by atoms with Crippen LogP contribution in [0.25, 0.3) is 0 Å². The molecule has 32 heavy (non-hydrogen) atoms. The zero-order valence-electron chi connectivity index (χ0n) is 17.9. The van der Waals surface area contributed by atoms with Gasteiger partial charge in [-0.3, -0.25) is 9.69 Å². The Labute approximate surface area is 191 Å². The predicted octanol–water partition coefficient (Wildman–Crippen LogP) is 3.58. The third kappa shape index (κ3) is 4.50. The Balaban J connectivity index is 1.65. The van der Waals surface area contributed by atoms with Gasteiger partial charge in [0.15, 0.2) is 6.10 Å². The molecule has 2 amide bonds. The largest absolute Gasteiger partial charge is 0.448 e. The van der Waals surface area contributed by atoms with Gasteiger partial charge in [-0.15, -0.1) is 11.8 Å². The number of carbonyl (C=O) groups is 3. The van der Waals surface area contributed by atoms with Crippen LogP contribution in [-0.2, 0) is 19.1 Å². The van der Waals surface area contributed by atoms with Gasteiger partial charge >= 0.3 is 12.1 Å². The predicted molar refractivity (Wildman–Crippen MR) is 121 cm³/mol. The number of fused-ring (bicyclic) bond motifs is 1. The fourth-order valence-corrected chi connectivity index (χ4v) is 4.85. The number of rotatable bonds is 6. The average molecular weight is 453 g/mol. The van der Waals surface area contributed by atoms with Crippen LogP contribution in [-0.4, -0.2) is 59.6 Å². The van der Waals surface area contributed by atoms with Crippen LogP contribution in [0.2, 0.25) is 0 Å². The van der Waals surface area contributed by atoms with Crippen LogP contribution in [0.5, 0.6) is 0 Å².